The number of piperazine rings is 1. The van der Waals surface area contributed by atoms with Crippen LogP contribution in [0.3, 0.4) is 0 Å². The average molecular weight is 260 g/mol. The zero-order valence-corrected chi connectivity index (χ0v) is 12.4. The molecule has 3 heteroatoms. The molecule has 1 aromatic rings. The molecule has 3 nitrogen and oxygen atoms in total. The highest BCUT2D eigenvalue weighted by atomic mass is 16.2. The summed E-state index contributed by atoms with van der Waals surface area (Å²) in [6.45, 7) is 9.96. The molecule has 0 radical (unpaired) electrons. The molecule has 1 amide bonds. The zero-order valence-electron chi connectivity index (χ0n) is 12.4. The molecular formula is C16H24N2O. The quantitative estimate of drug-likeness (QED) is 0.904. The SMILES string of the molecule is CC1(C)CN(CCc2ccccc2)C(C)(C)C(=O)N1. The van der Waals surface area contributed by atoms with Gasteiger partial charge in [-0.05, 0) is 39.7 Å². The third-order valence-corrected chi connectivity index (χ3v) is 3.90. The van der Waals surface area contributed by atoms with Crippen molar-refractivity contribution in [2.24, 2.45) is 0 Å². The van der Waals surface area contributed by atoms with E-state index in [0.29, 0.717) is 0 Å². The Morgan fingerprint density at radius 1 is 1.16 bits per heavy atom. The van der Waals surface area contributed by atoms with Crippen molar-refractivity contribution in [3.63, 3.8) is 0 Å². The van der Waals surface area contributed by atoms with Gasteiger partial charge in [0.25, 0.3) is 0 Å². The molecule has 0 spiro atoms. The standard InChI is InChI=1S/C16H24N2O/c1-15(2)12-18(16(3,4)14(19)17-15)11-10-13-8-6-5-7-9-13/h5-9H,10-12H2,1-4H3,(H,17,19). The largest absolute Gasteiger partial charge is 0.348 e. The summed E-state index contributed by atoms with van der Waals surface area (Å²) < 4.78 is 0. The van der Waals surface area contributed by atoms with Gasteiger partial charge in [-0.1, -0.05) is 30.3 Å². The Kier molecular flexibility index (Phi) is 3.68. The van der Waals surface area contributed by atoms with E-state index in [1.54, 1.807) is 0 Å². The molecule has 0 unspecified atom stereocenters. The lowest BCUT2D eigenvalue weighted by atomic mass is 9.90. The predicted molar refractivity (Wildman–Crippen MR) is 78.0 cm³/mol. The second-order valence-electron chi connectivity index (χ2n) is 6.55. The van der Waals surface area contributed by atoms with Crippen molar-refractivity contribution in [2.45, 2.75) is 45.2 Å². The van der Waals surface area contributed by atoms with Crippen LogP contribution in [-0.2, 0) is 11.2 Å². The molecule has 19 heavy (non-hydrogen) atoms. The Labute approximate surface area is 116 Å². The van der Waals surface area contributed by atoms with Gasteiger partial charge in [0.15, 0.2) is 0 Å². The van der Waals surface area contributed by atoms with Gasteiger partial charge in [-0.25, -0.2) is 0 Å². The van der Waals surface area contributed by atoms with Gasteiger partial charge in [0.1, 0.15) is 0 Å². The van der Waals surface area contributed by atoms with E-state index < -0.39 is 5.54 Å². The van der Waals surface area contributed by atoms with E-state index >= 15 is 0 Å². The third kappa shape index (κ3) is 3.16. The zero-order chi connectivity index (χ0) is 14.1. The summed E-state index contributed by atoms with van der Waals surface area (Å²) in [6, 6.07) is 10.4. The van der Waals surface area contributed by atoms with Crippen LogP contribution in [0.5, 0.6) is 0 Å². The number of carbonyl (C=O) groups is 1. The number of rotatable bonds is 3. The fraction of sp³-hybridized carbons (Fsp3) is 0.562. The van der Waals surface area contributed by atoms with Gasteiger partial charge in [0, 0.05) is 18.6 Å². The number of amides is 1. The van der Waals surface area contributed by atoms with Gasteiger partial charge in [0.05, 0.1) is 5.54 Å². The number of hydrogen-bond donors (Lipinski definition) is 1. The van der Waals surface area contributed by atoms with Crippen LogP contribution in [0, 0.1) is 0 Å². The predicted octanol–water partition coefficient (Wildman–Crippen LogP) is 2.22. The molecular weight excluding hydrogens is 236 g/mol. The van der Waals surface area contributed by atoms with Crippen LogP contribution in [-0.4, -0.2) is 35.0 Å². The number of benzene rings is 1. The lowest BCUT2D eigenvalue weighted by molar-refractivity contribution is -0.139. The van der Waals surface area contributed by atoms with Gasteiger partial charge in [-0.2, -0.15) is 0 Å². The summed E-state index contributed by atoms with van der Waals surface area (Å²) in [6.07, 6.45) is 0.980. The van der Waals surface area contributed by atoms with E-state index in [0.717, 1.165) is 19.5 Å². The monoisotopic (exact) mass is 260 g/mol. The van der Waals surface area contributed by atoms with Crippen LogP contribution in [0.2, 0.25) is 0 Å². The minimum atomic E-state index is -0.426. The Morgan fingerprint density at radius 2 is 1.79 bits per heavy atom. The van der Waals surface area contributed by atoms with E-state index in [1.807, 2.05) is 19.9 Å². The average Bonchev–Trinajstić information content (AvgIpc) is 2.33. The van der Waals surface area contributed by atoms with Crippen molar-refractivity contribution in [1.82, 2.24) is 10.2 Å². The molecule has 104 valence electrons. The first kappa shape index (κ1) is 14.1. The molecule has 1 saturated heterocycles. The molecule has 0 aliphatic carbocycles. The number of nitrogens with zero attached hydrogens (tertiary/aromatic N) is 1. The minimum absolute atomic E-state index is 0.122. The lowest BCUT2D eigenvalue weighted by Crippen LogP contribution is -2.69. The molecule has 2 rings (SSSR count). The van der Waals surface area contributed by atoms with E-state index in [9.17, 15) is 4.79 Å². The van der Waals surface area contributed by atoms with Crippen LogP contribution in [0.1, 0.15) is 33.3 Å². The molecule has 1 fully saturated rings. The van der Waals surface area contributed by atoms with E-state index in [1.165, 1.54) is 5.56 Å². The normalized spacial score (nSPS) is 22.0. The highest BCUT2D eigenvalue weighted by Gasteiger charge is 2.43. The summed E-state index contributed by atoms with van der Waals surface area (Å²) in [5.41, 5.74) is 0.746. The molecule has 0 bridgehead atoms. The molecule has 1 N–H and O–H groups in total. The third-order valence-electron chi connectivity index (χ3n) is 3.90. The Balaban J connectivity index is 2.07. The Morgan fingerprint density at radius 3 is 2.42 bits per heavy atom. The highest BCUT2D eigenvalue weighted by Crippen LogP contribution is 2.24. The van der Waals surface area contributed by atoms with E-state index in [4.69, 9.17) is 0 Å². The van der Waals surface area contributed by atoms with E-state index in [2.05, 4.69) is 48.3 Å². The van der Waals surface area contributed by atoms with Gasteiger partial charge < -0.3 is 5.32 Å². The topological polar surface area (TPSA) is 32.3 Å². The maximum absolute atomic E-state index is 12.2. The maximum atomic E-state index is 12.2. The van der Waals surface area contributed by atoms with Crippen LogP contribution in [0.15, 0.2) is 30.3 Å². The molecule has 1 aliphatic rings. The van der Waals surface area contributed by atoms with Crippen molar-refractivity contribution < 1.29 is 4.79 Å². The second-order valence-corrected chi connectivity index (χ2v) is 6.55. The molecule has 1 aliphatic heterocycles. The molecule has 0 saturated carbocycles. The van der Waals surface area contributed by atoms with Crippen molar-refractivity contribution in [2.75, 3.05) is 13.1 Å². The molecule has 1 heterocycles. The molecule has 0 aromatic heterocycles. The smallest absolute Gasteiger partial charge is 0.240 e. The van der Waals surface area contributed by atoms with Crippen molar-refractivity contribution in [3.8, 4) is 0 Å². The Bertz CT molecular complexity index is 451. The summed E-state index contributed by atoms with van der Waals surface area (Å²) in [4.78, 5) is 14.5. The molecule has 1 aromatic carbocycles. The summed E-state index contributed by atoms with van der Waals surface area (Å²) in [5, 5.41) is 3.09. The molecule has 0 atom stereocenters. The first-order valence-electron chi connectivity index (χ1n) is 6.93. The van der Waals surface area contributed by atoms with Gasteiger partial charge in [-0.15, -0.1) is 0 Å². The summed E-state index contributed by atoms with van der Waals surface area (Å²) in [5.74, 6) is 0.122. The van der Waals surface area contributed by atoms with E-state index in [-0.39, 0.29) is 11.4 Å². The fourth-order valence-corrected chi connectivity index (χ4v) is 2.59. The van der Waals surface area contributed by atoms with Gasteiger partial charge in [-0.3, -0.25) is 9.69 Å². The minimum Gasteiger partial charge on any atom is -0.348 e. The van der Waals surface area contributed by atoms with Gasteiger partial charge in [0.2, 0.25) is 5.91 Å². The van der Waals surface area contributed by atoms with Crippen molar-refractivity contribution in [1.29, 1.82) is 0 Å². The maximum Gasteiger partial charge on any atom is 0.240 e. The lowest BCUT2D eigenvalue weighted by Gasteiger charge is -2.48. The number of hydrogen-bond acceptors (Lipinski definition) is 2. The summed E-state index contributed by atoms with van der Waals surface area (Å²) in [7, 11) is 0. The summed E-state index contributed by atoms with van der Waals surface area (Å²) >= 11 is 0. The van der Waals surface area contributed by atoms with Crippen LogP contribution in [0.25, 0.3) is 0 Å². The second kappa shape index (κ2) is 4.97. The first-order chi connectivity index (χ1) is 8.81. The van der Waals surface area contributed by atoms with Crippen LogP contribution >= 0.6 is 0 Å². The van der Waals surface area contributed by atoms with Crippen LogP contribution in [0.4, 0.5) is 0 Å². The van der Waals surface area contributed by atoms with Crippen molar-refractivity contribution >= 4 is 5.91 Å². The first-order valence-corrected chi connectivity index (χ1v) is 6.93. The van der Waals surface area contributed by atoms with Gasteiger partial charge >= 0.3 is 0 Å². The highest BCUT2D eigenvalue weighted by molar-refractivity contribution is 5.87. The number of carbonyl (C=O) groups excluding carboxylic acids is 1. The van der Waals surface area contributed by atoms with Crippen molar-refractivity contribution in [3.05, 3.63) is 35.9 Å². The Hall–Kier alpha value is -1.35. The fourth-order valence-electron chi connectivity index (χ4n) is 2.59. The van der Waals surface area contributed by atoms with Crippen LogP contribution < -0.4 is 5.32 Å². The number of nitrogens with one attached hydrogen (secondary N) is 1.